The third-order valence-electron chi connectivity index (χ3n) is 5.18. The standard InChI is InChI=1S/C23H28N2O3S/c1-18-6-9-21(19(2)16-18)10-13-23(26)24-17-20-7-11-22(12-8-20)29(27,28)25-14-4-3-5-15-25/h6-13,16H,3-5,14-15,17H2,1-2H3,(H,24,26)/b13-10+. The Hall–Kier alpha value is -2.44. The van der Waals surface area contributed by atoms with Crippen LogP contribution in [0.15, 0.2) is 53.4 Å². The van der Waals surface area contributed by atoms with Crippen molar-refractivity contribution in [2.45, 2.75) is 44.6 Å². The van der Waals surface area contributed by atoms with Crippen molar-refractivity contribution in [2.75, 3.05) is 13.1 Å². The maximum Gasteiger partial charge on any atom is 0.244 e. The number of nitrogens with zero attached hydrogens (tertiary/aromatic N) is 1. The molecule has 2 aromatic carbocycles. The second-order valence-corrected chi connectivity index (χ2v) is 9.46. The Kier molecular flexibility index (Phi) is 6.87. The summed E-state index contributed by atoms with van der Waals surface area (Å²) in [5.41, 5.74) is 4.18. The molecule has 1 amide bonds. The lowest BCUT2D eigenvalue weighted by atomic mass is 10.1. The summed E-state index contributed by atoms with van der Waals surface area (Å²) in [5.74, 6) is -0.185. The molecule has 1 saturated heterocycles. The third-order valence-corrected chi connectivity index (χ3v) is 7.10. The van der Waals surface area contributed by atoms with Gasteiger partial charge in [0.25, 0.3) is 0 Å². The monoisotopic (exact) mass is 412 g/mol. The van der Waals surface area contributed by atoms with Crippen LogP contribution in [0, 0.1) is 13.8 Å². The second-order valence-electron chi connectivity index (χ2n) is 7.52. The van der Waals surface area contributed by atoms with E-state index in [-0.39, 0.29) is 5.91 Å². The quantitative estimate of drug-likeness (QED) is 0.734. The predicted octanol–water partition coefficient (Wildman–Crippen LogP) is 3.81. The van der Waals surface area contributed by atoms with Gasteiger partial charge in [-0.25, -0.2) is 8.42 Å². The van der Waals surface area contributed by atoms with Crippen molar-refractivity contribution in [3.05, 3.63) is 70.8 Å². The molecule has 0 saturated carbocycles. The first kappa shape index (κ1) is 21.3. The normalized spacial score (nSPS) is 15.5. The number of hydrogen-bond acceptors (Lipinski definition) is 3. The van der Waals surface area contributed by atoms with Gasteiger partial charge in [-0.2, -0.15) is 4.31 Å². The zero-order chi connectivity index (χ0) is 20.9. The molecule has 29 heavy (non-hydrogen) atoms. The van der Waals surface area contributed by atoms with Gasteiger partial charge in [0, 0.05) is 25.7 Å². The van der Waals surface area contributed by atoms with E-state index in [1.807, 2.05) is 26.0 Å². The van der Waals surface area contributed by atoms with E-state index in [1.54, 1.807) is 34.6 Å². The van der Waals surface area contributed by atoms with Gasteiger partial charge < -0.3 is 5.32 Å². The Bertz CT molecular complexity index is 989. The molecule has 3 rings (SSSR count). The zero-order valence-corrected chi connectivity index (χ0v) is 17.8. The molecular weight excluding hydrogens is 384 g/mol. The molecule has 1 aliphatic rings. The van der Waals surface area contributed by atoms with Gasteiger partial charge in [-0.15, -0.1) is 0 Å². The van der Waals surface area contributed by atoms with E-state index in [1.165, 1.54) is 11.6 Å². The van der Waals surface area contributed by atoms with Gasteiger partial charge in [0.15, 0.2) is 0 Å². The number of piperidine rings is 1. The molecule has 0 aliphatic carbocycles. The first-order valence-corrected chi connectivity index (χ1v) is 11.4. The van der Waals surface area contributed by atoms with Crippen molar-refractivity contribution in [1.82, 2.24) is 9.62 Å². The highest BCUT2D eigenvalue weighted by Gasteiger charge is 2.25. The largest absolute Gasteiger partial charge is 0.348 e. The molecule has 1 aliphatic heterocycles. The maximum atomic E-state index is 12.7. The highest BCUT2D eigenvalue weighted by molar-refractivity contribution is 7.89. The van der Waals surface area contributed by atoms with E-state index in [4.69, 9.17) is 0 Å². The van der Waals surface area contributed by atoms with Crippen LogP contribution < -0.4 is 5.32 Å². The number of sulfonamides is 1. The summed E-state index contributed by atoms with van der Waals surface area (Å²) in [7, 11) is -3.42. The van der Waals surface area contributed by atoms with Crippen molar-refractivity contribution in [1.29, 1.82) is 0 Å². The van der Waals surface area contributed by atoms with Gasteiger partial charge in [0.2, 0.25) is 15.9 Å². The molecule has 2 aromatic rings. The van der Waals surface area contributed by atoms with Crippen LogP contribution >= 0.6 is 0 Å². The summed E-state index contributed by atoms with van der Waals surface area (Å²) in [6, 6.07) is 12.8. The fourth-order valence-electron chi connectivity index (χ4n) is 3.46. The number of carbonyl (C=O) groups is 1. The van der Waals surface area contributed by atoms with Crippen molar-refractivity contribution < 1.29 is 13.2 Å². The Labute approximate surface area is 173 Å². The van der Waals surface area contributed by atoms with E-state index in [0.717, 1.165) is 36.0 Å². The lowest BCUT2D eigenvalue weighted by Gasteiger charge is -2.25. The first-order chi connectivity index (χ1) is 13.9. The number of carbonyl (C=O) groups excluding carboxylic acids is 1. The summed E-state index contributed by atoms with van der Waals surface area (Å²) >= 11 is 0. The van der Waals surface area contributed by atoms with E-state index >= 15 is 0 Å². The molecule has 0 spiro atoms. The van der Waals surface area contributed by atoms with Gasteiger partial charge in [-0.05, 0) is 61.6 Å². The van der Waals surface area contributed by atoms with Crippen LogP contribution in [0.25, 0.3) is 6.08 Å². The molecule has 0 aromatic heterocycles. The molecule has 1 heterocycles. The van der Waals surface area contributed by atoms with E-state index in [2.05, 4.69) is 11.4 Å². The summed E-state index contributed by atoms with van der Waals surface area (Å²) < 4.78 is 26.9. The molecule has 154 valence electrons. The Morgan fingerprint density at radius 2 is 1.72 bits per heavy atom. The average Bonchev–Trinajstić information content (AvgIpc) is 2.72. The van der Waals surface area contributed by atoms with Crippen molar-refractivity contribution in [2.24, 2.45) is 0 Å². The highest BCUT2D eigenvalue weighted by Crippen LogP contribution is 2.20. The van der Waals surface area contributed by atoms with Crippen LogP contribution in [0.2, 0.25) is 0 Å². The van der Waals surface area contributed by atoms with E-state index < -0.39 is 10.0 Å². The number of benzene rings is 2. The zero-order valence-electron chi connectivity index (χ0n) is 17.0. The van der Waals surface area contributed by atoms with Gasteiger partial charge in [-0.3, -0.25) is 4.79 Å². The predicted molar refractivity (Wildman–Crippen MR) is 116 cm³/mol. The summed E-state index contributed by atoms with van der Waals surface area (Å²) in [6.07, 6.45) is 6.24. The molecule has 0 bridgehead atoms. The van der Waals surface area contributed by atoms with Crippen LogP contribution in [0.3, 0.4) is 0 Å². The van der Waals surface area contributed by atoms with Crippen LogP contribution in [-0.2, 0) is 21.4 Å². The topological polar surface area (TPSA) is 66.5 Å². The molecule has 0 atom stereocenters. The minimum absolute atomic E-state index is 0.185. The summed E-state index contributed by atoms with van der Waals surface area (Å²) in [4.78, 5) is 12.4. The summed E-state index contributed by atoms with van der Waals surface area (Å²) in [5, 5.41) is 2.84. The molecular formula is C23H28N2O3S. The first-order valence-electron chi connectivity index (χ1n) is 9.98. The van der Waals surface area contributed by atoms with Crippen molar-refractivity contribution in [3.63, 3.8) is 0 Å². The molecule has 1 N–H and O–H groups in total. The molecule has 6 heteroatoms. The van der Waals surface area contributed by atoms with Gasteiger partial charge >= 0.3 is 0 Å². The van der Waals surface area contributed by atoms with Crippen LogP contribution in [0.1, 0.15) is 41.5 Å². The number of aryl methyl sites for hydroxylation is 2. The Morgan fingerprint density at radius 3 is 2.38 bits per heavy atom. The van der Waals surface area contributed by atoms with Gasteiger partial charge in [-0.1, -0.05) is 42.3 Å². The number of nitrogens with one attached hydrogen (secondary N) is 1. The van der Waals surface area contributed by atoms with Crippen molar-refractivity contribution in [3.8, 4) is 0 Å². The lowest BCUT2D eigenvalue weighted by Crippen LogP contribution is -2.35. The van der Waals surface area contributed by atoms with Gasteiger partial charge in [0.05, 0.1) is 4.90 Å². The molecule has 0 radical (unpaired) electrons. The number of hydrogen-bond donors (Lipinski definition) is 1. The van der Waals surface area contributed by atoms with Gasteiger partial charge in [0.1, 0.15) is 0 Å². The van der Waals surface area contributed by atoms with Crippen LogP contribution in [-0.4, -0.2) is 31.7 Å². The maximum absolute atomic E-state index is 12.7. The smallest absolute Gasteiger partial charge is 0.244 e. The van der Waals surface area contributed by atoms with Crippen LogP contribution in [0.5, 0.6) is 0 Å². The third kappa shape index (κ3) is 5.55. The number of amides is 1. The fourth-order valence-corrected chi connectivity index (χ4v) is 4.98. The summed E-state index contributed by atoms with van der Waals surface area (Å²) in [6.45, 7) is 5.58. The fraction of sp³-hybridized carbons (Fsp3) is 0.348. The minimum Gasteiger partial charge on any atom is -0.348 e. The van der Waals surface area contributed by atoms with E-state index in [9.17, 15) is 13.2 Å². The van der Waals surface area contributed by atoms with Crippen molar-refractivity contribution >= 4 is 22.0 Å². The Balaban J connectivity index is 1.57. The molecule has 1 fully saturated rings. The SMILES string of the molecule is Cc1ccc(/C=C/C(=O)NCc2ccc(S(=O)(=O)N3CCCCC3)cc2)c(C)c1. The minimum atomic E-state index is -3.42. The molecule has 0 unspecified atom stereocenters. The lowest BCUT2D eigenvalue weighted by molar-refractivity contribution is -0.116. The van der Waals surface area contributed by atoms with Crippen LogP contribution in [0.4, 0.5) is 0 Å². The highest BCUT2D eigenvalue weighted by atomic mass is 32.2. The Morgan fingerprint density at radius 1 is 1.03 bits per heavy atom. The molecule has 5 nitrogen and oxygen atoms in total. The second kappa shape index (κ2) is 9.37. The van der Waals surface area contributed by atoms with E-state index in [0.29, 0.717) is 24.5 Å². The average molecular weight is 413 g/mol. The number of rotatable bonds is 6.